The lowest BCUT2D eigenvalue weighted by molar-refractivity contribution is 0.0692. The summed E-state index contributed by atoms with van der Waals surface area (Å²) in [5.74, 6) is -0.588. The molecule has 0 aromatic heterocycles. The largest absolute Gasteiger partial charge is 0.493 e. The van der Waals surface area contributed by atoms with Gasteiger partial charge in [-0.15, -0.1) is 12.4 Å². The van der Waals surface area contributed by atoms with Crippen LogP contribution < -0.4 is 10.1 Å². The number of benzene rings is 3. The number of nitrogens with one attached hydrogen (secondary N) is 1. The van der Waals surface area contributed by atoms with Crippen LogP contribution in [0.3, 0.4) is 0 Å². The number of hydrogen-bond acceptors (Lipinski definition) is 4. The number of carboxylic acid groups (broad SMARTS) is 1. The summed E-state index contributed by atoms with van der Waals surface area (Å²) >= 11 is 0. The molecule has 0 fully saturated rings. The summed E-state index contributed by atoms with van der Waals surface area (Å²) < 4.78 is 5.64. The van der Waals surface area contributed by atoms with E-state index in [0.29, 0.717) is 18.9 Å². The van der Waals surface area contributed by atoms with Crippen molar-refractivity contribution in [3.05, 3.63) is 89.5 Å². The van der Waals surface area contributed by atoms with Crippen molar-refractivity contribution in [2.24, 2.45) is 0 Å². The quantitative estimate of drug-likeness (QED) is 0.349. The highest BCUT2D eigenvalue weighted by Crippen LogP contribution is 2.28. The molecule has 0 saturated heterocycles. The van der Waals surface area contributed by atoms with Crippen LogP contribution in [0.2, 0.25) is 0 Å². The number of hydrogen-bond donors (Lipinski definition) is 3. The van der Waals surface area contributed by atoms with Crippen LogP contribution >= 0.6 is 12.4 Å². The van der Waals surface area contributed by atoms with Crippen LogP contribution in [0.25, 0.3) is 11.1 Å². The van der Waals surface area contributed by atoms with Gasteiger partial charge in [0, 0.05) is 6.54 Å². The Labute approximate surface area is 195 Å². The summed E-state index contributed by atoms with van der Waals surface area (Å²) in [7, 11) is 0. The minimum atomic E-state index is -0.988. The van der Waals surface area contributed by atoms with E-state index in [2.05, 4.69) is 17.4 Å². The first-order chi connectivity index (χ1) is 15.1. The van der Waals surface area contributed by atoms with Gasteiger partial charge in [0.2, 0.25) is 0 Å². The fourth-order valence-electron chi connectivity index (χ4n) is 3.34. The molecule has 1 atom stereocenters. The van der Waals surface area contributed by atoms with E-state index in [0.717, 1.165) is 36.1 Å². The number of aromatic carboxylic acids is 1. The molecule has 0 unspecified atom stereocenters. The van der Waals surface area contributed by atoms with Gasteiger partial charge in [0.25, 0.3) is 0 Å². The third-order valence-corrected chi connectivity index (χ3v) is 5.07. The molecular weight excluding hydrogens is 426 g/mol. The fourth-order valence-corrected chi connectivity index (χ4v) is 3.34. The van der Waals surface area contributed by atoms with Crippen LogP contribution in [0.1, 0.15) is 40.9 Å². The van der Waals surface area contributed by atoms with Crippen molar-refractivity contribution < 1.29 is 19.7 Å². The van der Waals surface area contributed by atoms with E-state index < -0.39 is 12.1 Å². The Morgan fingerprint density at radius 3 is 2.34 bits per heavy atom. The second-order valence-electron chi connectivity index (χ2n) is 7.44. The van der Waals surface area contributed by atoms with Gasteiger partial charge in [0.05, 0.1) is 12.7 Å². The Kier molecular flexibility index (Phi) is 10.2. The van der Waals surface area contributed by atoms with E-state index in [1.54, 1.807) is 12.1 Å². The lowest BCUT2D eigenvalue weighted by Crippen LogP contribution is -2.23. The SMILES string of the molecule is CCCOc1cc(-c2ccc(CCNC[C@H](O)c3ccccc3)cc2)ccc1C(=O)O.Cl. The maximum atomic E-state index is 11.4. The topological polar surface area (TPSA) is 78.8 Å². The van der Waals surface area contributed by atoms with Gasteiger partial charge in [-0.05, 0) is 53.8 Å². The monoisotopic (exact) mass is 455 g/mol. The molecule has 3 aromatic carbocycles. The van der Waals surface area contributed by atoms with Crippen LogP contribution in [0.4, 0.5) is 0 Å². The first kappa shape index (κ1) is 25.4. The van der Waals surface area contributed by atoms with Crippen molar-refractivity contribution in [2.45, 2.75) is 25.9 Å². The summed E-state index contributed by atoms with van der Waals surface area (Å²) in [5.41, 5.74) is 4.21. The summed E-state index contributed by atoms with van der Waals surface area (Å²) in [6, 6.07) is 23.0. The molecule has 5 nitrogen and oxygen atoms in total. The lowest BCUT2D eigenvalue weighted by atomic mass is 10.0. The molecule has 0 bridgehead atoms. The highest BCUT2D eigenvalue weighted by Gasteiger charge is 2.13. The number of halogens is 1. The average Bonchev–Trinajstić information content (AvgIpc) is 2.81. The first-order valence-corrected chi connectivity index (χ1v) is 10.6. The molecule has 3 N–H and O–H groups in total. The Bertz CT molecular complexity index is 977. The maximum Gasteiger partial charge on any atom is 0.339 e. The maximum absolute atomic E-state index is 11.4. The normalized spacial score (nSPS) is 11.4. The van der Waals surface area contributed by atoms with Crippen molar-refractivity contribution in [3.8, 4) is 16.9 Å². The Morgan fingerprint density at radius 2 is 1.69 bits per heavy atom. The number of carboxylic acids is 1. The molecule has 0 amide bonds. The second-order valence-corrected chi connectivity index (χ2v) is 7.44. The first-order valence-electron chi connectivity index (χ1n) is 10.6. The zero-order valence-corrected chi connectivity index (χ0v) is 19.0. The minimum Gasteiger partial charge on any atom is -0.493 e. The predicted molar refractivity (Wildman–Crippen MR) is 130 cm³/mol. The van der Waals surface area contributed by atoms with Gasteiger partial charge in [-0.3, -0.25) is 0 Å². The van der Waals surface area contributed by atoms with Gasteiger partial charge in [-0.2, -0.15) is 0 Å². The van der Waals surface area contributed by atoms with Crippen molar-refractivity contribution in [1.82, 2.24) is 5.32 Å². The molecule has 3 rings (SSSR count). The number of aliphatic hydroxyl groups excluding tert-OH is 1. The average molecular weight is 456 g/mol. The highest BCUT2D eigenvalue weighted by atomic mass is 35.5. The van der Waals surface area contributed by atoms with Gasteiger partial charge >= 0.3 is 5.97 Å². The highest BCUT2D eigenvalue weighted by molar-refractivity contribution is 5.92. The summed E-state index contributed by atoms with van der Waals surface area (Å²) in [4.78, 5) is 11.4. The molecule has 3 aromatic rings. The zero-order valence-electron chi connectivity index (χ0n) is 18.2. The van der Waals surface area contributed by atoms with Crippen molar-refractivity contribution in [1.29, 1.82) is 0 Å². The molecular formula is C26H30ClNO4. The minimum absolute atomic E-state index is 0. The molecule has 0 heterocycles. The van der Waals surface area contributed by atoms with Crippen LogP contribution in [0.15, 0.2) is 72.8 Å². The van der Waals surface area contributed by atoms with Gasteiger partial charge in [0.1, 0.15) is 11.3 Å². The van der Waals surface area contributed by atoms with E-state index in [1.165, 1.54) is 5.56 Å². The molecule has 0 spiro atoms. The van der Waals surface area contributed by atoms with Crippen LogP contribution in [-0.2, 0) is 6.42 Å². The van der Waals surface area contributed by atoms with Crippen LogP contribution in [0, 0.1) is 0 Å². The third-order valence-electron chi connectivity index (χ3n) is 5.07. The van der Waals surface area contributed by atoms with Gasteiger partial charge in [-0.25, -0.2) is 4.79 Å². The fraction of sp³-hybridized carbons (Fsp3) is 0.269. The zero-order chi connectivity index (χ0) is 22.1. The van der Waals surface area contributed by atoms with Crippen molar-refractivity contribution in [2.75, 3.05) is 19.7 Å². The summed E-state index contributed by atoms with van der Waals surface area (Å²) in [6.07, 6.45) is 1.15. The molecule has 0 aliphatic carbocycles. The van der Waals surface area contributed by atoms with Gasteiger partial charge in [-0.1, -0.05) is 67.6 Å². The predicted octanol–water partition coefficient (Wildman–Crippen LogP) is 5.13. The molecule has 170 valence electrons. The van der Waals surface area contributed by atoms with Gasteiger partial charge < -0.3 is 20.3 Å². The van der Waals surface area contributed by atoms with E-state index in [1.807, 2.05) is 55.5 Å². The second kappa shape index (κ2) is 12.9. The van der Waals surface area contributed by atoms with E-state index in [9.17, 15) is 15.0 Å². The molecule has 0 aliphatic heterocycles. The smallest absolute Gasteiger partial charge is 0.339 e. The molecule has 0 saturated carbocycles. The van der Waals surface area contributed by atoms with E-state index >= 15 is 0 Å². The Morgan fingerprint density at radius 1 is 1.00 bits per heavy atom. The molecule has 0 radical (unpaired) electrons. The third kappa shape index (κ3) is 7.09. The molecule has 6 heteroatoms. The molecule has 0 aliphatic rings. The van der Waals surface area contributed by atoms with E-state index in [-0.39, 0.29) is 18.0 Å². The Hall–Kier alpha value is -2.86. The summed E-state index contributed by atoms with van der Waals surface area (Å²) in [6.45, 7) is 3.75. The number of rotatable bonds is 11. The van der Waals surface area contributed by atoms with Crippen molar-refractivity contribution >= 4 is 18.4 Å². The number of ether oxygens (including phenoxy) is 1. The number of carbonyl (C=O) groups is 1. The lowest BCUT2D eigenvalue weighted by Gasteiger charge is -2.13. The standard InChI is InChI=1S/C26H29NO4.ClH/c1-2-16-31-25-17-22(12-13-23(25)26(29)30)20-10-8-19(9-11-20)14-15-27-18-24(28)21-6-4-3-5-7-21;/h3-13,17,24,27-28H,2,14-16,18H2,1H3,(H,29,30);1H/t24-;/m0./s1. The van der Waals surface area contributed by atoms with E-state index in [4.69, 9.17) is 4.74 Å². The Balaban J connectivity index is 0.00000363. The van der Waals surface area contributed by atoms with Crippen molar-refractivity contribution in [3.63, 3.8) is 0 Å². The summed E-state index contributed by atoms with van der Waals surface area (Å²) in [5, 5.41) is 22.9. The molecule has 32 heavy (non-hydrogen) atoms. The van der Waals surface area contributed by atoms with Crippen LogP contribution in [0.5, 0.6) is 5.75 Å². The number of aliphatic hydroxyl groups is 1. The van der Waals surface area contributed by atoms with Gasteiger partial charge in [0.15, 0.2) is 0 Å². The van der Waals surface area contributed by atoms with Crippen LogP contribution in [-0.4, -0.2) is 35.9 Å².